The van der Waals surface area contributed by atoms with Crippen LogP contribution in [0.25, 0.3) is 0 Å². The van der Waals surface area contributed by atoms with Crippen LogP contribution in [0.4, 0.5) is 4.39 Å². The van der Waals surface area contributed by atoms with Gasteiger partial charge < -0.3 is 15.2 Å². The Labute approximate surface area is 166 Å². The number of hydrogen-bond acceptors (Lipinski definition) is 2. The minimum Gasteiger partial charge on any atom is -0.357 e. The number of nitrogens with one attached hydrogen (secondary N) is 2. The Balaban J connectivity index is 0.00000312. The van der Waals surface area contributed by atoms with Crippen molar-refractivity contribution in [1.82, 2.24) is 20.2 Å². The molecule has 0 saturated carbocycles. The van der Waals surface area contributed by atoms with Gasteiger partial charge in [-0.25, -0.2) is 14.4 Å². The first-order valence-electron chi connectivity index (χ1n) is 8.35. The predicted octanol–water partition coefficient (Wildman–Crippen LogP) is 3.55. The maximum atomic E-state index is 13.7. The molecule has 0 aliphatic carbocycles. The molecule has 0 amide bonds. The fourth-order valence-electron chi connectivity index (χ4n) is 2.36. The zero-order valence-corrected chi connectivity index (χ0v) is 17.3. The van der Waals surface area contributed by atoms with Gasteiger partial charge in [0.15, 0.2) is 5.96 Å². The fourth-order valence-corrected chi connectivity index (χ4v) is 2.36. The van der Waals surface area contributed by atoms with E-state index in [1.54, 1.807) is 12.1 Å². The highest BCUT2D eigenvalue weighted by Crippen LogP contribution is 2.07. The van der Waals surface area contributed by atoms with Crippen LogP contribution in [-0.4, -0.2) is 22.1 Å². The standard InChI is InChI=1S/C18H26FN5.HI/c1-4-20-18(22-11-15-7-5-6-8-16(15)19)23-12-17-21-9-10-24(17)13-14(2)3;/h5-10,14H,4,11-13H2,1-3H3,(H2,20,22,23);1H. The van der Waals surface area contributed by atoms with Crippen molar-refractivity contribution in [1.29, 1.82) is 0 Å². The molecule has 0 saturated heterocycles. The normalized spacial score (nSPS) is 11.3. The number of hydrogen-bond donors (Lipinski definition) is 2. The summed E-state index contributed by atoms with van der Waals surface area (Å²) in [6, 6.07) is 6.70. The largest absolute Gasteiger partial charge is 0.357 e. The Bertz CT molecular complexity index is 669. The van der Waals surface area contributed by atoms with Gasteiger partial charge in [0, 0.05) is 31.0 Å². The van der Waals surface area contributed by atoms with E-state index in [1.165, 1.54) is 6.07 Å². The van der Waals surface area contributed by atoms with Gasteiger partial charge in [0.25, 0.3) is 0 Å². The number of aliphatic imine (C=N–C) groups is 1. The van der Waals surface area contributed by atoms with E-state index in [4.69, 9.17) is 0 Å². The molecule has 2 aromatic rings. The van der Waals surface area contributed by atoms with Crippen LogP contribution in [0.5, 0.6) is 0 Å². The highest BCUT2D eigenvalue weighted by Gasteiger charge is 2.06. The smallest absolute Gasteiger partial charge is 0.191 e. The van der Waals surface area contributed by atoms with Crippen molar-refractivity contribution in [2.24, 2.45) is 10.9 Å². The molecule has 0 unspecified atom stereocenters. The minimum atomic E-state index is -0.232. The second-order valence-electron chi connectivity index (χ2n) is 6.03. The molecule has 0 fully saturated rings. The average molecular weight is 459 g/mol. The van der Waals surface area contributed by atoms with Crippen molar-refractivity contribution < 1.29 is 4.39 Å². The number of imidazole rings is 1. The van der Waals surface area contributed by atoms with E-state index in [2.05, 4.69) is 39.0 Å². The molecule has 2 rings (SSSR count). The van der Waals surface area contributed by atoms with Gasteiger partial charge in [0.2, 0.25) is 0 Å². The summed E-state index contributed by atoms with van der Waals surface area (Å²) in [6.07, 6.45) is 3.79. The number of aromatic nitrogens is 2. The van der Waals surface area contributed by atoms with E-state index >= 15 is 0 Å². The highest BCUT2D eigenvalue weighted by atomic mass is 127. The van der Waals surface area contributed by atoms with Crippen molar-refractivity contribution in [3.63, 3.8) is 0 Å². The molecular weight excluding hydrogens is 432 g/mol. The predicted molar refractivity (Wildman–Crippen MR) is 111 cm³/mol. The zero-order valence-electron chi connectivity index (χ0n) is 15.0. The lowest BCUT2D eigenvalue weighted by Gasteiger charge is -2.13. The van der Waals surface area contributed by atoms with Gasteiger partial charge >= 0.3 is 0 Å². The highest BCUT2D eigenvalue weighted by molar-refractivity contribution is 14.0. The van der Waals surface area contributed by atoms with Crippen molar-refractivity contribution in [2.45, 2.75) is 40.4 Å². The lowest BCUT2D eigenvalue weighted by Crippen LogP contribution is -2.37. The van der Waals surface area contributed by atoms with Gasteiger partial charge in [-0.2, -0.15) is 0 Å². The fraction of sp³-hybridized carbons (Fsp3) is 0.444. The topological polar surface area (TPSA) is 54.2 Å². The van der Waals surface area contributed by atoms with Crippen LogP contribution in [0.2, 0.25) is 0 Å². The van der Waals surface area contributed by atoms with E-state index < -0.39 is 0 Å². The SMILES string of the molecule is CCNC(=NCc1ccccc1F)NCc1nccn1CC(C)C.I. The second-order valence-corrected chi connectivity index (χ2v) is 6.03. The van der Waals surface area contributed by atoms with Crippen LogP contribution in [-0.2, 0) is 19.6 Å². The van der Waals surface area contributed by atoms with Crippen molar-refractivity contribution in [3.05, 3.63) is 53.9 Å². The number of nitrogens with zero attached hydrogens (tertiary/aromatic N) is 3. The third-order valence-electron chi connectivity index (χ3n) is 3.49. The summed E-state index contributed by atoms with van der Waals surface area (Å²) < 4.78 is 15.8. The van der Waals surface area contributed by atoms with Crippen LogP contribution >= 0.6 is 24.0 Å². The molecule has 25 heavy (non-hydrogen) atoms. The average Bonchev–Trinajstić information content (AvgIpc) is 2.98. The van der Waals surface area contributed by atoms with Crippen LogP contribution < -0.4 is 10.6 Å². The Morgan fingerprint density at radius 2 is 2.04 bits per heavy atom. The van der Waals surface area contributed by atoms with Crippen molar-refractivity contribution in [3.8, 4) is 0 Å². The van der Waals surface area contributed by atoms with Gasteiger partial charge in [-0.1, -0.05) is 32.0 Å². The third kappa shape index (κ3) is 7.01. The molecule has 138 valence electrons. The Morgan fingerprint density at radius 1 is 1.28 bits per heavy atom. The molecule has 5 nitrogen and oxygen atoms in total. The van der Waals surface area contributed by atoms with Crippen LogP contribution in [0, 0.1) is 11.7 Å². The van der Waals surface area contributed by atoms with Gasteiger partial charge in [-0.15, -0.1) is 24.0 Å². The van der Waals surface area contributed by atoms with E-state index in [9.17, 15) is 4.39 Å². The Kier molecular flexibility index (Phi) is 9.48. The summed E-state index contributed by atoms with van der Waals surface area (Å²) in [5.74, 6) is 1.94. The van der Waals surface area contributed by atoms with Gasteiger partial charge in [-0.05, 0) is 18.9 Å². The molecule has 7 heteroatoms. The van der Waals surface area contributed by atoms with Gasteiger partial charge in [0.1, 0.15) is 11.6 Å². The summed E-state index contributed by atoms with van der Waals surface area (Å²) in [5.41, 5.74) is 0.580. The lowest BCUT2D eigenvalue weighted by atomic mass is 10.2. The van der Waals surface area contributed by atoms with Crippen molar-refractivity contribution in [2.75, 3.05) is 6.54 Å². The van der Waals surface area contributed by atoms with E-state index in [0.717, 1.165) is 18.9 Å². The zero-order chi connectivity index (χ0) is 17.4. The number of rotatable bonds is 7. The summed E-state index contributed by atoms with van der Waals surface area (Å²) in [4.78, 5) is 8.84. The monoisotopic (exact) mass is 459 g/mol. The lowest BCUT2D eigenvalue weighted by molar-refractivity contribution is 0.503. The first-order chi connectivity index (χ1) is 11.6. The molecule has 0 radical (unpaired) electrons. The van der Waals surface area contributed by atoms with E-state index in [-0.39, 0.29) is 29.8 Å². The van der Waals surface area contributed by atoms with Gasteiger partial charge in [0.05, 0.1) is 13.1 Å². The van der Waals surface area contributed by atoms with Gasteiger partial charge in [-0.3, -0.25) is 0 Å². The molecule has 1 aromatic heterocycles. The first kappa shape index (κ1) is 21.4. The first-order valence-corrected chi connectivity index (χ1v) is 8.35. The molecular formula is C18H27FIN5. The second kappa shape index (κ2) is 11.1. The van der Waals surface area contributed by atoms with Crippen LogP contribution in [0.1, 0.15) is 32.2 Å². The quantitative estimate of drug-likeness (QED) is 0.379. The third-order valence-corrected chi connectivity index (χ3v) is 3.49. The van der Waals surface area contributed by atoms with E-state index in [0.29, 0.717) is 30.5 Å². The maximum absolute atomic E-state index is 13.7. The molecule has 0 spiro atoms. The van der Waals surface area contributed by atoms with E-state index in [1.807, 2.05) is 25.4 Å². The number of guanidine groups is 1. The summed E-state index contributed by atoms with van der Waals surface area (Å²) in [7, 11) is 0. The van der Waals surface area contributed by atoms with Crippen LogP contribution in [0.15, 0.2) is 41.7 Å². The Hall–Kier alpha value is -1.64. The molecule has 0 bridgehead atoms. The molecule has 0 aliphatic rings. The molecule has 1 aromatic carbocycles. The summed E-state index contributed by atoms with van der Waals surface area (Å²) in [6.45, 7) is 8.89. The molecule has 0 aliphatic heterocycles. The molecule has 2 N–H and O–H groups in total. The molecule has 0 atom stereocenters. The summed E-state index contributed by atoms with van der Waals surface area (Å²) in [5, 5.41) is 6.43. The number of benzene rings is 1. The molecule has 1 heterocycles. The minimum absolute atomic E-state index is 0. The van der Waals surface area contributed by atoms with Crippen molar-refractivity contribution >= 4 is 29.9 Å². The maximum Gasteiger partial charge on any atom is 0.191 e. The van der Waals surface area contributed by atoms with Crippen LogP contribution in [0.3, 0.4) is 0 Å². The Morgan fingerprint density at radius 3 is 2.72 bits per heavy atom. The summed E-state index contributed by atoms with van der Waals surface area (Å²) >= 11 is 0. The number of halogens is 2.